The van der Waals surface area contributed by atoms with Crippen molar-refractivity contribution >= 4 is 29.0 Å². The Morgan fingerprint density at radius 1 is 1.63 bits per heavy atom. The van der Waals surface area contributed by atoms with Gasteiger partial charge in [0.25, 0.3) is 0 Å². The lowest BCUT2D eigenvalue weighted by molar-refractivity contribution is -0.118. The van der Waals surface area contributed by atoms with Crippen molar-refractivity contribution < 1.29 is 9.90 Å². The Morgan fingerprint density at radius 3 is 3.00 bits per heavy atom. The molecule has 1 rings (SSSR count). The Bertz CT molecular complexity index is 382. The molecule has 0 aliphatic rings. The third-order valence-corrected chi connectivity index (χ3v) is 4.64. The maximum Gasteiger partial charge on any atom is 0.230 e. The van der Waals surface area contributed by atoms with Crippen molar-refractivity contribution in [3.8, 4) is 0 Å². The van der Waals surface area contributed by atoms with Crippen LogP contribution in [-0.4, -0.2) is 34.9 Å². The summed E-state index contributed by atoms with van der Waals surface area (Å²) in [6, 6.07) is 0. The summed E-state index contributed by atoms with van der Waals surface area (Å²) < 4.78 is 0. The maximum atomic E-state index is 11.7. The van der Waals surface area contributed by atoms with Gasteiger partial charge in [0.1, 0.15) is 0 Å². The SMILES string of the molecule is CCC(CCO)CNC(=O)CSCc1csc(C)n1. The van der Waals surface area contributed by atoms with E-state index in [9.17, 15) is 4.79 Å². The fourth-order valence-electron chi connectivity index (χ4n) is 1.67. The zero-order chi connectivity index (χ0) is 14.1. The molecular weight excluding hydrogens is 280 g/mol. The molecule has 0 aliphatic heterocycles. The molecule has 0 saturated heterocycles. The minimum atomic E-state index is 0.0633. The van der Waals surface area contributed by atoms with Gasteiger partial charge in [0, 0.05) is 24.3 Å². The molecule has 0 spiro atoms. The number of aliphatic hydroxyl groups is 1. The molecule has 108 valence electrons. The molecule has 0 bridgehead atoms. The molecule has 1 heterocycles. The van der Waals surface area contributed by atoms with E-state index in [0.717, 1.165) is 29.3 Å². The summed E-state index contributed by atoms with van der Waals surface area (Å²) in [6.45, 7) is 4.90. The van der Waals surface area contributed by atoms with Crippen molar-refractivity contribution in [2.45, 2.75) is 32.4 Å². The van der Waals surface area contributed by atoms with E-state index in [4.69, 9.17) is 5.11 Å². The van der Waals surface area contributed by atoms with E-state index >= 15 is 0 Å². The van der Waals surface area contributed by atoms with E-state index in [0.29, 0.717) is 18.2 Å². The van der Waals surface area contributed by atoms with Gasteiger partial charge in [-0.3, -0.25) is 4.79 Å². The van der Waals surface area contributed by atoms with E-state index in [-0.39, 0.29) is 12.5 Å². The van der Waals surface area contributed by atoms with Crippen molar-refractivity contribution in [3.05, 3.63) is 16.1 Å². The molecule has 0 fully saturated rings. The van der Waals surface area contributed by atoms with Crippen molar-refractivity contribution in [2.75, 3.05) is 18.9 Å². The predicted molar refractivity (Wildman–Crippen MR) is 81.5 cm³/mol. The molecule has 6 heteroatoms. The lowest BCUT2D eigenvalue weighted by Crippen LogP contribution is -2.30. The molecule has 1 unspecified atom stereocenters. The number of amides is 1. The van der Waals surface area contributed by atoms with Crippen molar-refractivity contribution in [2.24, 2.45) is 5.92 Å². The van der Waals surface area contributed by atoms with Gasteiger partial charge in [0.15, 0.2) is 0 Å². The van der Waals surface area contributed by atoms with Crippen LogP contribution in [0, 0.1) is 12.8 Å². The number of carbonyl (C=O) groups excluding carboxylic acids is 1. The van der Waals surface area contributed by atoms with Gasteiger partial charge in [-0.25, -0.2) is 4.98 Å². The van der Waals surface area contributed by atoms with Crippen molar-refractivity contribution in [1.82, 2.24) is 10.3 Å². The number of rotatable bonds is 9. The molecule has 1 atom stereocenters. The molecule has 0 aliphatic carbocycles. The maximum absolute atomic E-state index is 11.7. The summed E-state index contributed by atoms with van der Waals surface area (Å²) in [7, 11) is 0. The Hall–Kier alpha value is -0.590. The van der Waals surface area contributed by atoms with Crippen molar-refractivity contribution in [3.63, 3.8) is 0 Å². The second-order valence-electron chi connectivity index (χ2n) is 4.44. The Morgan fingerprint density at radius 2 is 2.42 bits per heavy atom. The van der Waals surface area contributed by atoms with E-state index in [1.165, 1.54) is 0 Å². The largest absolute Gasteiger partial charge is 0.396 e. The second-order valence-corrected chi connectivity index (χ2v) is 6.49. The molecule has 4 nitrogen and oxygen atoms in total. The average Bonchev–Trinajstić information content (AvgIpc) is 2.80. The number of aromatic nitrogens is 1. The summed E-state index contributed by atoms with van der Waals surface area (Å²) in [4.78, 5) is 16.0. The number of hydrogen-bond donors (Lipinski definition) is 2. The first-order chi connectivity index (χ1) is 9.15. The normalized spacial score (nSPS) is 12.4. The molecule has 1 aromatic heterocycles. The fourth-order valence-corrected chi connectivity index (χ4v) is 3.13. The molecule has 0 aromatic carbocycles. The average molecular weight is 302 g/mol. The van der Waals surface area contributed by atoms with E-state index in [1.807, 2.05) is 12.3 Å². The lowest BCUT2D eigenvalue weighted by Gasteiger charge is -2.14. The van der Waals surface area contributed by atoms with Crippen LogP contribution in [0.2, 0.25) is 0 Å². The first-order valence-corrected chi connectivity index (χ1v) is 8.55. The number of thiazole rings is 1. The van der Waals surface area contributed by atoms with Gasteiger partial charge in [0.2, 0.25) is 5.91 Å². The minimum absolute atomic E-state index is 0.0633. The van der Waals surface area contributed by atoms with Crippen LogP contribution in [-0.2, 0) is 10.5 Å². The van der Waals surface area contributed by atoms with E-state index in [2.05, 4.69) is 17.2 Å². The van der Waals surface area contributed by atoms with Crippen LogP contribution in [0.1, 0.15) is 30.5 Å². The number of thioether (sulfide) groups is 1. The van der Waals surface area contributed by atoms with Gasteiger partial charge in [-0.05, 0) is 19.3 Å². The highest BCUT2D eigenvalue weighted by molar-refractivity contribution is 7.99. The molecule has 0 saturated carbocycles. The smallest absolute Gasteiger partial charge is 0.230 e. The van der Waals surface area contributed by atoms with Crippen LogP contribution in [0.15, 0.2) is 5.38 Å². The van der Waals surface area contributed by atoms with Gasteiger partial charge in [-0.2, -0.15) is 0 Å². The van der Waals surface area contributed by atoms with Gasteiger partial charge < -0.3 is 10.4 Å². The summed E-state index contributed by atoms with van der Waals surface area (Å²) in [6.07, 6.45) is 1.73. The third-order valence-electron chi connectivity index (χ3n) is 2.85. The van der Waals surface area contributed by atoms with Gasteiger partial charge in [-0.1, -0.05) is 13.3 Å². The summed E-state index contributed by atoms with van der Waals surface area (Å²) in [5, 5.41) is 14.9. The van der Waals surface area contributed by atoms with E-state index < -0.39 is 0 Å². The van der Waals surface area contributed by atoms with Gasteiger partial charge in [-0.15, -0.1) is 23.1 Å². The van der Waals surface area contributed by atoms with Crippen LogP contribution in [0.5, 0.6) is 0 Å². The molecule has 1 amide bonds. The molecule has 0 radical (unpaired) electrons. The van der Waals surface area contributed by atoms with E-state index in [1.54, 1.807) is 23.1 Å². The van der Waals surface area contributed by atoms with Crippen LogP contribution in [0.25, 0.3) is 0 Å². The first-order valence-electron chi connectivity index (χ1n) is 6.52. The molecular formula is C13H22N2O2S2. The third kappa shape index (κ3) is 6.94. The second kappa shape index (κ2) is 9.34. The number of aliphatic hydroxyl groups excluding tert-OH is 1. The number of carbonyl (C=O) groups is 1. The highest BCUT2D eigenvalue weighted by Gasteiger charge is 2.08. The highest BCUT2D eigenvalue weighted by Crippen LogP contribution is 2.14. The summed E-state index contributed by atoms with van der Waals surface area (Å²) in [5.74, 6) is 1.69. The predicted octanol–water partition coefficient (Wildman–Crippen LogP) is 2.21. The van der Waals surface area contributed by atoms with Crippen LogP contribution >= 0.6 is 23.1 Å². The summed E-state index contributed by atoms with van der Waals surface area (Å²) in [5.41, 5.74) is 1.05. The molecule has 1 aromatic rings. The lowest BCUT2D eigenvalue weighted by atomic mass is 10.0. The zero-order valence-corrected chi connectivity index (χ0v) is 13.1. The fraction of sp³-hybridized carbons (Fsp3) is 0.692. The van der Waals surface area contributed by atoms with Crippen molar-refractivity contribution in [1.29, 1.82) is 0 Å². The standard InChI is InChI=1S/C13H22N2O2S2/c1-3-11(4-5-16)6-14-13(17)9-18-7-12-8-19-10(2)15-12/h8,11,16H,3-7,9H2,1-2H3,(H,14,17). The first kappa shape index (κ1) is 16.5. The summed E-state index contributed by atoms with van der Waals surface area (Å²) >= 11 is 3.22. The Balaban J connectivity index is 2.14. The van der Waals surface area contributed by atoms with Crippen LogP contribution < -0.4 is 5.32 Å². The molecule has 2 N–H and O–H groups in total. The number of nitrogens with one attached hydrogen (secondary N) is 1. The Kier molecular flexibility index (Phi) is 8.09. The number of nitrogens with zero attached hydrogens (tertiary/aromatic N) is 1. The van der Waals surface area contributed by atoms with Crippen LogP contribution in [0.3, 0.4) is 0 Å². The van der Waals surface area contributed by atoms with Crippen LogP contribution in [0.4, 0.5) is 0 Å². The molecule has 19 heavy (non-hydrogen) atoms. The Labute approximate surface area is 123 Å². The number of aryl methyl sites for hydroxylation is 1. The van der Waals surface area contributed by atoms with Gasteiger partial charge in [0.05, 0.1) is 16.5 Å². The topological polar surface area (TPSA) is 62.2 Å². The number of hydrogen-bond acceptors (Lipinski definition) is 5. The minimum Gasteiger partial charge on any atom is -0.396 e. The zero-order valence-electron chi connectivity index (χ0n) is 11.5. The monoisotopic (exact) mass is 302 g/mol. The highest BCUT2D eigenvalue weighted by atomic mass is 32.2. The quantitative estimate of drug-likeness (QED) is 0.734. The van der Waals surface area contributed by atoms with Gasteiger partial charge >= 0.3 is 0 Å².